The number of H-pyrrole nitrogens is 2. The van der Waals surface area contributed by atoms with E-state index >= 15 is 0 Å². The zero-order valence-corrected chi connectivity index (χ0v) is 27.0. The average Bonchev–Trinajstić information content (AvgIpc) is 3.69. The normalized spacial score (nSPS) is 12.2. The minimum atomic E-state index is -0.231. The summed E-state index contributed by atoms with van der Waals surface area (Å²) < 4.78 is 2.23. The van der Waals surface area contributed by atoms with Crippen LogP contribution in [0.4, 0.5) is 0 Å². The van der Waals surface area contributed by atoms with Crippen molar-refractivity contribution in [1.29, 1.82) is 0 Å². The van der Waals surface area contributed by atoms with Gasteiger partial charge in [0.25, 0.3) is 5.56 Å². The van der Waals surface area contributed by atoms with Crippen molar-refractivity contribution in [2.45, 2.75) is 41.5 Å². The lowest BCUT2D eigenvalue weighted by Crippen LogP contribution is -2.14. The number of halogens is 1. The zero-order chi connectivity index (χ0) is 30.9. The van der Waals surface area contributed by atoms with Gasteiger partial charge in [-0.25, -0.2) is 9.97 Å². The van der Waals surface area contributed by atoms with E-state index in [0.717, 1.165) is 65.7 Å². The van der Waals surface area contributed by atoms with Crippen LogP contribution >= 0.6 is 15.9 Å². The van der Waals surface area contributed by atoms with Crippen LogP contribution in [-0.4, -0.2) is 29.5 Å². The number of nitrogens with one attached hydrogen (secondary N) is 2. The first kappa shape index (κ1) is 28.0. The van der Waals surface area contributed by atoms with E-state index in [4.69, 9.17) is 15.1 Å². The van der Waals surface area contributed by atoms with Crippen molar-refractivity contribution >= 4 is 54.3 Å². The predicted octanol–water partition coefficient (Wildman–Crippen LogP) is 8.52. The summed E-state index contributed by atoms with van der Waals surface area (Å²) in [5, 5.41) is 4.95. The van der Waals surface area contributed by atoms with E-state index in [1.165, 1.54) is 15.6 Å². The molecule has 0 radical (unpaired) electrons. The first-order chi connectivity index (χ1) is 21.1. The van der Waals surface area contributed by atoms with Gasteiger partial charge in [0.15, 0.2) is 5.82 Å². The first-order valence-corrected chi connectivity index (χ1v) is 15.3. The van der Waals surface area contributed by atoms with Crippen LogP contribution in [0.3, 0.4) is 0 Å². The summed E-state index contributed by atoms with van der Waals surface area (Å²) in [4.78, 5) is 30.3. The Morgan fingerprint density at radius 2 is 1.25 bits per heavy atom. The summed E-state index contributed by atoms with van der Waals surface area (Å²) in [6, 6.07) is 19.9. The number of nitrogens with zero attached hydrogens (tertiary/aromatic N) is 4. The highest BCUT2D eigenvalue weighted by Gasteiger charge is 2.19. The molecule has 7 nitrogen and oxygen atoms in total. The number of rotatable bonds is 2. The third-order valence-corrected chi connectivity index (χ3v) is 8.79. The van der Waals surface area contributed by atoms with Crippen molar-refractivity contribution in [2.75, 3.05) is 0 Å². The van der Waals surface area contributed by atoms with Gasteiger partial charge in [0.2, 0.25) is 0 Å². The molecule has 1 aliphatic rings. The number of fused-ring (bicyclic) bond motifs is 9. The molecule has 218 valence electrons. The molecular formula is C36H31BrN6O. The number of aromatic nitrogens is 6. The highest BCUT2D eigenvalue weighted by Crippen LogP contribution is 2.38. The van der Waals surface area contributed by atoms with Crippen LogP contribution < -0.4 is 5.56 Å². The number of aryl methyl sites for hydroxylation is 6. The maximum absolute atomic E-state index is 13.3. The van der Waals surface area contributed by atoms with Crippen molar-refractivity contribution in [3.05, 3.63) is 116 Å². The molecule has 44 heavy (non-hydrogen) atoms. The van der Waals surface area contributed by atoms with Crippen LogP contribution in [0.2, 0.25) is 0 Å². The number of aromatic amines is 2. The standard InChI is InChI=1S/C36H31BrN6O/c1-18-13-20(3)32(21(4)14-18)34-25-7-10-29(38-25)41-36-24(37)17-28(40-36)35(33-22(5)15-19(2)16-23(33)6)26-8-11-30(39-26)43-31(44)12-9-27(34)42-43/h7-17,39H,1-6H3,(H,38,40,41). The summed E-state index contributed by atoms with van der Waals surface area (Å²) in [6.07, 6.45) is 2.00. The fraction of sp³-hybridized carbons (Fsp3) is 0.167. The fourth-order valence-corrected chi connectivity index (χ4v) is 7.01. The van der Waals surface area contributed by atoms with E-state index in [1.807, 2.05) is 30.3 Å². The Labute approximate surface area is 262 Å². The highest BCUT2D eigenvalue weighted by molar-refractivity contribution is 9.15. The van der Waals surface area contributed by atoms with Crippen molar-refractivity contribution in [2.24, 2.45) is 0 Å². The van der Waals surface area contributed by atoms with E-state index in [-0.39, 0.29) is 5.56 Å². The lowest BCUT2D eigenvalue weighted by molar-refractivity contribution is 0.902. The van der Waals surface area contributed by atoms with E-state index in [9.17, 15) is 4.79 Å². The van der Waals surface area contributed by atoms with Crippen LogP contribution in [0.1, 0.15) is 44.9 Å². The van der Waals surface area contributed by atoms with Gasteiger partial charge in [-0.3, -0.25) is 4.79 Å². The van der Waals surface area contributed by atoms with Crippen molar-refractivity contribution in [3.8, 4) is 22.3 Å². The molecule has 2 aromatic carbocycles. The molecule has 1 aliphatic heterocycles. The van der Waals surface area contributed by atoms with Gasteiger partial charge in [0, 0.05) is 28.2 Å². The van der Waals surface area contributed by atoms with Gasteiger partial charge in [-0.2, -0.15) is 9.61 Å². The summed E-state index contributed by atoms with van der Waals surface area (Å²) in [5.41, 5.74) is 15.0. The van der Waals surface area contributed by atoms with Gasteiger partial charge in [0.05, 0.1) is 15.7 Å². The molecule has 0 spiro atoms. The fourth-order valence-electron chi connectivity index (χ4n) is 6.62. The molecule has 6 aromatic rings. The summed E-state index contributed by atoms with van der Waals surface area (Å²) in [5.74, 6) is 0.578. The van der Waals surface area contributed by atoms with E-state index < -0.39 is 0 Å². The minimum absolute atomic E-state index is 0.231. The largest absolute Gasteiger partial charge is 0.340 e. The van der Waals surface area contributed by atoms with Crippen LogP contribution in [0.5, 0.6) is 0 Å². The predicted molar refractivity (Wildman–Crippen MR) is 183 cm³/mol. The molecule has 2 N–H and O–H groups in total. The minimum Gasteiger partial charge on any atom is -0.340 e. The van der Waals surface area contributed by atoms with E-state index in [1.54, 1.807) is 12.1 Å². The van der Waals surface area contributed by atoms with Crippen molar-refractivity contribution in [1.82, 2.24) is 29.5 Å². The average molecular weight is 644 g/mol. The Kier molecular flexibility index (Phi) is 6.62. The third kappa shape index (κ3) is 4.66. The second kappa shape index (κ2) is 10.4. The van der Waals surface area contributed by atoms with E-state index in [0.29, 0.717) is 22.6 Å². The van der Waals surface area contributed by atoms with Gasteiger partial charge in [-0.1, -0.05) is 35.4 Å². The molecule has 8 heteroatoms. The SMILES string of the molecule is Cc1cc(C)c(-c2c3nc(nc4ccc([nH]4)c(-c4c(C)cc(C)cc4C)c4ccc(=O)n(n4)c4ccc2[nH]4)C(Br)=C3)c(C)c1. The maximum Gasteiger partial charge on any atom is 0.272 e. The Morgan fingerprint density at radius 1 is 0.659 bits per heavy atom. The second-order valence-corrected chi connectivity index (χ2v) is 12.6. The van der Waals surface area contributed by atoms with Crippen LogP contribution in [0, 0.1) is 41.5 Å². The molecule has 4 aromatic heterocycles. The van der Waals surface area contributed by atoms with E-state index in [2.05, 4.69) is 91.7 Å². The number of hydrogen-bond donors (Lipinski definition) is 2. The topological polar surface area (TPSA) is 91.7 Å². The van der Waals surface area contributed by atoms with Crippen LogP contribution in [0.25, 0.3) is 60.7 Å². The van der Waals surface area contributed by atoms with Gasteiger partial charge in [-0.15, -0.1) is 0 Å². The maximum atomic E-state index is 13.3. The lowest BCUT2D eigenvalue weighted by Gasteiger charge is -2.13. The lowest BCUT2D eigenvalue weighted by atomic mass is 9.92. The Hall–Kier alpha value is -4.82. The summed E-state index contributed by atoms with van der Waals surface area (Å²) in [6.45, 7) is 12.7. The van der Waals surface area contributed by atoms with Crippen molar-refractivity contribution in [3.63, 3.8) is 0 Å². The molecular weight excluding hydrogens is 612 g/mol. The van der Waals surface area contributed by atoms with Gasteiger partial charge in [-0.05, 0) is 127 Å². The van der Waals surface area contributed by atoms with Gasteiger partial charge >= 0.3 is 0 Å². The molecule has 0 amide bonds. The first-order valence-electron chi connectivity index (χ1n) is 14.5. The van der Waals surface area contributed by atoms with Crippen LogP contribution in [0.15, 0.2) is 65.5 Å². The van der Waals surface area contributed by atoms with Gasteiger partial charge < -0.3 is 9.97 Å². The molecule has 7 rings (SSSR count). The Morgan fingerprint density at radius 3 is 1.91 bits per heavy atom. The van der Waals surface area contributed by atoms with Crippen LogP contribution in [-0.2, 0) is 0 Å². The summed E-state index contributed by atoms with van der Waals surface area (Å²) in [7, 11) is 0. The Bertz CT molecular complexity index is 2340. The highest BCUT2D eigenvalue weighted by atomic mass is 79.9. The number of hydrogen-bond acceptors (Lipinski definition) is 4. The molecule has 0 unspecified atom stereocenters. The smallest absolute Gasteiger partial charge is 0.272 e. The quantitative estimate of drug-likeness (QED) is 0.198. The molecule has 0 saturated carbocycles. The van der Waals surface area contributed by atoms with Gasteiger partial charge in [0.1, 0.15) is 11.3 Å². The summed E-state index contributed by atoms with van der Waals surface area (Å²) >= 11 is 3.73. The third-order valence-electron chi connectivity index (χ3n) is 8.20. The Balaban J connectivity index is 1.70. The molecule has 0 saturated heterocycles. The monoisotopic (exact) mass is 642 g/mol. The van der Waals surface area contributed by atoms with Crippen molar-refractivity contribution < 1.29 is 0 Å². The second-order valence-electron chi connectivity index (χ2n) is 11.7. The molecule has 0 fully saturated rings. The number of benzene rings is 2. The molecule has 0 aliphatic carbocycles. The molecule has 0 atom stereocenters. The zero-order valence-electron chi connectivity index (χ0n) is 25.4. The molecule has 8 bridgehead atoms. The molecule has 5 heterocycles.